The monoisotopic (exact) mass is 212 g/mol. The third-order valence-corrected chi connectivity index (χ3v) is 3.84. The van der Waals surface area contributed by atoms with Gasteiger partial charge in [-0.3, -0.25) is 0 Å². The predicted molar refractivity (Wildman–Crippen MR) is 56.7 cm³/mol. The van der Waals surface area contributed by atoms with Crippen LogP contribution in [0.1, 0.15) is 51.4 Å². The topological polar surface area (TPSA) is 46.5 Å². The zero-order valence-electron chi connectivity index (χ0n) is 9.21. The van der Waals surface area contributed by atoms with Gasteiger partial charge in [-0.15, -0.1) is 0 Å². The SMILES string of the molecule is O=C(O)C1(CC2CCCCC2)CCCO1. The van der Waals surface area contributed by atoms with Gasteiger partial charge in [-0.1, -0.05) is 32.1 Å². The lowest BCUT2D eigenvalue weighted by Gasteiger charge is -2.30. The van der Waals surface area contributed by atoms with E-state index in [1.165, 1.54) is 32.1 Å². The zero-order valence-corrected chi connectivity index (χ0v) is 9.21. The van der Waals surface area contributed by atoms with Crippen molar-refractivity contribution >= 4 is 5.97 Å². The first kappa shape index (κ1) is 10.9. The van der Waals surface area contributed by atoms with Crippen molar-refractivity contribution in [2.75, 3.05) is 6.61 Å². The van der Waals surface area contributed by atoms with E-state index in [9.17, 15) is 9.90 Å². The number of carboxylic acid groups (broad SMARTS) is 1. The minimum Gasteiger partial charge on any atom is -0.479 e. The fourth-order valence-electron chi connectivity index (χ4n) is 2.97. The van der Waals surface area contributed by atoms with Crippen molar-refractivity contribution < 1.29 is 14.6 Å². The first-order valence-electron chi connectivity index (χ1n) is 6.10. The molecule has 1 atom stereocenters. The van der Waals surface area contributed by atoms with Gasteiger partial charge < -0.3 is 9.84 Å². The fraction of sp³-hybridized carbons (Fsp3) is 0.917. The summed E-state index contributed by atoms with van der Waals surface area (Å²) in [4.78, 5) is 11.3. The third-order valence-electron chi connectivity index (χ3n) is 3.84. The Hall–Kier alpha value is -0.570. The van der Waals surface area contributed by atoms with Gasteiger partial charge in [-0.25, -0.2) is 4.79 Å². The highest BCUT2D eigenvalue weighted by atomic mass is 16.5. The van der Waals surface area contributed by atoms with Crippen molar-refractivity contribution in [2.45, 2.75) is 57.0 Å². The summed E-state index contributed by atoms with van der Waals surface area (Å²) in [6.45, 7) is 0.624. The quantitative estimate of drug-likeness (QED) is 0.782. The summed E-state index contributed by atoms with van der Waals surface area (Å²) in [5.74, 6) is -0.168. The molecular weight excluding hydrogens is 192 g/mol. The summed E-state index contributed by atoms with van der Waals surface area (Å²) < 4.78 is 5.51. The van der Waals surface area contributed by atoms with E-state index in [0.717, 1.165) is 12.8 Å². The largest absolute Gasteiger partial charge is 0.479 e. The molecule has 2 aliphatic rings. The fourth-order valence-corrected chi connectivity index (χ4v) is 2.97. The van der Waals surface area contributed by atoms with Crippen molar-refractivity contribution in [3.05, 3.63) is 0 Å². The average Bonchev–Trinajstić information content (AvgIpc) is 2.69. The molecule has 1 heterocycles. The molecule has 0 aromatic heterocycles. The van der Waals surface area contributed by atoms with Gasteiger partial charge in [-0.2, -0.15) is 0 Å². The van der Waals surface area contributed by atoms with Crippen molar-refractivity contribution in [2.24, 2.45) is 5.92 Å². The lowest BCUT2D eigenvalue weighted by Crippen LogP contribution is -2.40. The molecule has 1 aliphatic carbocycles. The highest BCUT2D eigenvalue weighted by Crippen LogP contribution is 2.37. The van der Waals surface area contributed by atoms with Crippen molar-refractivity contribution in [1.82, 2.24) is 0 Å². The lowest BCUT2D eigenvalue weighted by atomic mass is 9.80. The van der Waals surface area contributed by atoms with Crippen LogP contribution in [0.4, 0.5) is 0 Å². The van der Waals surface area contributed by atoms with Crippen LogP contribution in [0.3, 0.4) is 0 Å². The second kappa shape index (κ2) is 4.52. The highest BCUT2D eigenvalue weighted by molar-refractivity contribution is 5.77. The molecule has 0 radical (unpaired) electrons. The maximum Gasteiger partial charge on any atom is 0.335 e. The van der Waals surface area contributed by atoms with Crippen molar-refractivity contribution in [3.63, 3.8) is 0 Å². The number of hydrogen-bond acceptors (Lipinski definition) is 2. The van der Waals surface area contributed by atoms with Gasteiger partial charge in [0.05, 0.1) is 0 Å². The second-order valence-corrected chi connectivity index (χ2v) is 4.96. The first-order valence-corrected chi connectivity index (χ1v) is 6.10. The number of aliphatic carboxylic acids is 1. The van der Waals surface area contributed by atoms with E-state index < -0.39 is 11.6 Å². The average molecular weight is 212 g/mol. The predicted octanol–water partition coefficient (Wildman–Crippen LogP) is 2.59. The van der Waals surface area contributed by atoms with E-state index in [2.05, 4.69) is 0 Å². The van der Waals surface area contributed by atoms with Crippen LogP contribution in [0.25, 0.3) is 0 Å². The molecule has 86 valence electrons. The van der Waals surface area contributed by atoms with E-state index in [1.807, 2.05) is 0 Å². The Kier molecular flexibility index (Phi) is 3.29. The van der Waals surface area contributed by atoms with Crippen LogP contribution in [0.2, 0.25) is 0 Å². The molecule has 3 nitrogen and oxygen atoms in total. The molecule has 2 rings (SSSR count). The minimum atomic E-state index is -0.831. The molecule has 0 amide bonds. The lowest BCUT2D eigenvalue weighted by molar-refractivity contribution is -0.162. The summed E-state index contributed by atoms with van der Waals surface area (Å²) in [6, 6.07) is 0. The summed E-state index contributed by atoms with van der Waals surface area (Å²) >= 11 is 0. The Morgan fingerprint density at radius 1 is 1.27 bits per heavy atom. The molecule has 3 heteroatoms. The Balaban J connectivity index is 1.96. The highest BCUT2D eigenvalue weighted by Gasteiger charge is 2.44. The van der Waals surface area contributed by atoms with Gasteiger partial charge in [0.2, 0.25) is 0 Å². The van der Waals surface area contributed by atoms with Gasteiger partial charge in [0, 0.05) is 6.61 Å². The zero-order chi connectivity index (χ0) is 10.7. The van der Waals surface area contributed by atoms with Gasteiger partial charge in [0.1, 0.15) is 0 Å². The van der Waals surface area contributed by atoms with Crippen molar-refractivity contribution in [1.29, 1.82) is 0 Å². The maximum atomic E-state index is 11.3. The van der Waals surface area contributed by atoms with Crippen LogP contribution in [0.5, 0.6) is 0 Å². The van der Waals surface area contributed by atoms with E-state index in [1.54, 1.807) is 0 Å². The van der Waals surface area contributed by atoms with Crippen LogP contribution in [0.15, 0.2) is 0 Å². The molecule has 1 saturated carbocycles. The van der Waals surface area contributed by atoms with E-state index >= 15 is 0 Å². The van der Waals surface area contributed by atoms with Crippen molar-refractivity contribution in [3.8, 4) is 0 Å². The van der Waals surface area contributed by atoms with E-state index in [-0.39, 0.29) is 0 Å². The smallest absolute Gasteiger partial charge is 0.335 e. The molecule has 1 aliphatic heterocycles. The number of hydrogen-bond donors (Lipinski definition) is 1. The molecule has 2 fully saturated rings. The molecule has 1 unspecified atom stereocenters. The summed E-state index contributed by atoms with van der Waals surface area (Å²) in [5.41, 5.74) is -0.831. The molecule has 1 N–H and O–H groups in total. The Bertz CT molecular complexity index is 225. The number of ether oxygens (including phenoxy) is 1. The standard InChI is InChI=1S/C12H20O3/c13-11(14)12(7-4-8-15-12)9-10-5-2-1-3-6-10/h10H,1-9H2,(H,13,14). The number of carboxylic acids is 1. The van der Waals surface area contributed by atoms with Gasteiger partial charge in [0.25, 0.3) is 0 Å². The molecular formula is C12H20O3. The Morgan fingerprint density at radius 2 is 2.00 bits per heavy atom. The number of rotatable bonds is 3. The van der Waals surface area contributed by atoms with Crippen LogP contribution in [0, 0.1) is 5.92 Å². The molecule has 0 aromatic carbocycles. The van der Waals surface area contributed by atoms with Crippen LogP contribution in [-0.4, -0.2) is 23.3 Å². The van der Waals surface area contributed by atoms with Gasteiger partial charge in [0.15, 0.2) is 5.60 Å². The van der Waals surface area contributed by atoms with Crippen LogP contribution < -0.4 is 0 Å². The van der Waals surface area contributed by atoms with Crippen LogP contribution in [-0.2, 0) is 9.53 Å². The summed E-state index contributed by atoms with van der Waals surface area (Å²) in [6.07, 6.45) is 8.58. The molecule has 0 bridgehead atoms. The third kappa shape index (κ3) is 2.33. The summed E-state index contributed by atoms with van der Waals surface area (Å²) in [5, 5.41) is 9.27. The number of carbonyl (C=O) groups is 1. The van der Waals surface area contributed by atoms with Crippen LogP contribution >= 0.6 is 0 Å². The Labute approximate surface area is 90.8 Å². The normalized spacial score (nSPS) is 33.1. The Morgan fingerprint density at radius 3 is 2.53 bits per heavy atom. The second-order valence-electron chi connectivity index (χ2n) is 4.96. The van der Waals surface area contributed by atoms with E-state index in [0.29, 0.717) is 18.9 Å². The minimum absolute atomic E-state index is 0.577. The van der Waals surface area contributed by atoms with Gasteiger partial charge in [-0.05, 0) is 25.2 Å². The molecule has 15 heavy (non-hydrogen) atoms. The first-order chi connectivity index (χ1) is 7.23. The molecule has 0 spiro atoms. The maximum absolute atomic E-state index is 11.3. The van der Waals surface area contributed by atoms with Gasteiger partial charge >= 0.3 is 5.97 Å². The molecule has 1 saturated heterocycles. The molecule has 0 aromatic rings. The summed E-state index contributed by atoms with van der Waals surface area (Å²) in [7, 11) is 0. The van der Waals surface area contributed by atoms with E-state index in [4.69, 9.17) is 4.74 Å².